The first-order chi connectivity index (χ1) is 8.99. The minimum atomic E-state index is -0.558. The molecule has 0 atom stereocenters. The lowest BCUT2D eigenvalue weighted by atomic mass is 10.2. The van der Waals surface area contributed by atoms with Gasteiger partial charge in [-0.25, -0.2) is 4.79 Å². The third kappa shape index (κ3) is 4.21. The van der Waals surface area contributed by atoms with Gasteiger partial charge in [0.1, 0.15) is 10.8 Å². The first kappa shape index (κ1) is 15.4. The molecule has 0 saturated heterocycles. The number of anilines is 1. The lowest BCUT2D eigenvalue weighted by molar-refractivity contribution is 0.130. The van der Waals surface area contributed by atoms with Crippen molar-refractivity contribution in [3.63, 3.8) is 0 Å². The van der Waals surface area contributed by atoms with E-state index in [1.54, 1.807) is 26.0 Å². The minimum absolute atomic E-state index is 0.204. The Hall–Kier alpha value is -1.62. The van der Waals surface area contributed by atoms with Gasteiger partial charge in [-0.05, 0) is 32.9 Å². The second-order valence-corrected chi connectivity index (χ2v) is 4.35. The number of halogens is 1. The second kappa shape index (κ2) is 7.09. The molecule has 0 bridgehead atoms. The van der Waals surface area contributed by atoms with Gasteiger partial charge >= 0.3 is 6.09 Å². The van der Waals surface area contributed by atoms with E-state index >= 15 is 0 Å². The number of methoxy groups -OCH3 is 1. The van der Waals surface area contributed by atoms with Crippen molar-refractivity contribution in [3.8, 4) is 11.5 Å². The van der Waals surface area contributed by atoms with Crippen molar-refractivity contribution >= 4 is 23.4 Å². The molecule has 1 aromatic rings. The van der Waals surface area contributed by atoms with E-state index in [1.165, 1.54) is 7.11 Å². The van der Waals surface area contributed by atoms with Crippen molar-refractivity contribution in [1.29, 1.82) is 0 Å². The number of ether oxygens (including phenoxy) is 3. The summed E-state index contributed by atoms with van der Waals surface area (Å²) in [5.74, 6) is 0.845. The molecule has 106 valence electrons. The van der Waals surface area contributed by atoms with Crippen molar-refractivity contribution in [2.45, 2.75) is 26.9 Å². The van der Waals surface area contributed by atoms with Crippen LogP contribution in [0.3, 0.4) is 0 Å². The van der Waals surface area contributed by atoms with Crippen molar-refractivity contribution in [2.75, 3.05) is 19.0 Å². The van der Waals surface area contributed by atoms with E-state index in [9.17, 15) is 4.79 Å². The van der Waals surface area contributed by atoms with Gasteiger partial charge in [-0.2, -0.15) is 0 Å². The first-order valence-corrected chi connectivity index (χ1v) is 6.34. The summed E-state index contributed by atoms with van der Waals surface area (Å²) in [6.07, 6.45) is -0.763. The maximum Gasteiger partial charge on any atom is 0.411 e. The Kier molecular flexibility index (Phi) is 5.76. The molecular formula is C13H18ClNO4. The molecule has 0 aliphatic carbocycles. The number of carbonyl (C=O) groups excluding carboxylic acids is 1. The standard InChI is InChI=1S/C13H18ClNO4/c1-5-18-12-9(15-13(16)19-8(2)3)6-7-10(17-4)11(12)14/h6-8H,5H2,1-4H3,(H,15,16). The van der Waals surface area contributed by atoms with E-state index in [1.807, 2.05) is 6.92 Å². The van der Waals surface area contributed by atoms with Crippen LogP contribution in [0, 0.1) is 0 Å². The second-order valence-electron chi connectivity index (χ2n) is 3.97. The van der Waals surface area contributed by atoms with Gasteiger partial charge in [-0.3, -0.25) is 5.32 Å². The average Bonchev–Trinajstić information content (AvgIpc) is 2.33. The quantitative estimate of drug-likeness (QED) is 0.897. The highest BCUT2D eigenvalue weighted by atomic mass is 35.5. The average molecular weight is 288 g/mol. The molecule has 0 fully saturated rings. The Morgan fingerprint density at radius 1 is 1.42 bits per heavy atom. The largest absolute Gasteiger partial charge is 0.495 e. The van der Waals surface area contributed by atoms with Gasteiger partial charge in [-0.15, -0.1) is 0 Å². The summed E-state index contributed by atoms with van der Waals surface area (Å²) < 4.78 is 15.5. The molecule has 0 aliphatic rings. The van der Waals surface area contributed by atoms with E-state index < -0.39 is 6.09 Å². The summed E-state index contributed by atoms with van der Waals surface area (Å²) in [5, 5.41) is 2.90. The number of benzene rings is 1. The third-order valence-corrected chi connectivity index (χ3v) is 2.51. The molecule has 0 saturated carbocycles. The fourth-order valence-corrected chi connectivity index (χ4v) is 1.73. The zero-order valence-corrected chi connectivity index (χ0v) is 12.2. The van der Waals surface area contributed by atoms with Crippen LogP contribution in [0.2, 0.25) is 5.02 Å². The van der Waals surface area contributed by atoms with Crippen LogP contribution in [0.4, 0.5) is 10.5 Å². The lowest BCUT2D eigenvalue weighted by Gasteiger charge is -2.15. The van der Waals surface area contributed by atoms with Gasteiger partial charge in [0, 0.05) is 0 Å². The SMILES string of the molecule is CCOc1c(NC(=O)OC(C)C)ccc(OC)c1Cl. The van der Waals surface area contributed by atoms with Crippen LogP contribution in [0.5, 0.6) is 11.5 Å². The Labute approximate surface area is 117 Å². The van der Waals surface area contributed by atoms with Crippen LogP contribution in [0.15, 0.2) is 12.1 Å². The first-order valence-electron chi connectivity index (χ1n) is 5.96. The van der Waals surface area contributed by atoms with Crippen LogP contribution in [-0.2, 0) is 4.74 Å². The smallest absolute Gasteiger partial charge is 0.411 e. The van der Waals surface area contributed by atoms with E-state index in [0.29, 0.717) is 28.8 Å². The molecule has 5 nitrogen and oxygen atoms in total. The maximum absolute atomic E-state index is 11.6. The molecule has 0 heterocycles. The lowest BCUT2D eigenvalue weighted by Crippen LogP contribution is -2.18. The van der Waals surface area contributed by atoms with E-state index in [-0.39, 0.29) is 6.10 Å². The molecule has 1 rings (SSSR count). The number of carbonyl (C=O) groups is 1. The zero-order valence-electron chi connectivity index (χ0n) is 11.5. The van der Waals surface area contributed by atoms with Gasteiger partial charge in [0.15, 0.2) is 5.75 Å². The Balaban J connectivity index is 2.99. The number of hydrogen-bond acceptors (Lipinski definition) is 4. The van der Waals surface area contributed by atoms with E-state index in [4.69, 9.17) is 25.8 Å². The summed E-state index contributed by atoms with van der Waals surface area (Å²) in [6.45, 7) is 5.78. The fraction of sp³-hybridized carbons (Fsp3) is 0.462. The highest BCUT2D eigenvalue weighted by Crippen LogP contribution is 2.40. The van der Waals surface area contributed by atoms with Gasteiger partial charge < -0.3 is 14.2 Å². The van der Waals surface area contributed by atoms with Gasteiger partial charge in [0.2, 0.25) is 0 Å². The molecule has 1 amide bonds. The normalized spacial score (nSPS) is 10.2. The Morgan fingerprint density at radius 2 is 2.11 bits per heavy atom. The summed E-state index contributed by atoms with van der Waals surface area (Å²) in [7, 11) is 1.51. The molecule has 0 aliphatic heterocycles. The van der Waals surface area contributed by atoms with Crippen LogP contribution in [0.1, 0.15) is 20.8 Å². The van der Waals surface area contributed by atoms with E-state index in [2.05, 4.69) is 5.32 Å². The molecular weight excluding hydrogens is 270 g/mol. The van der Waals surface area contributed by atoms with Gasteiger partial charge in [0.05, 0.1) is 25.5 Å². The van der Waals surface area contributed by atoms with Gasteiger partial charge in [0.25, 0.3) is 0 Å². The topological polar surface area (TPSA) is 56.8 Å². The van der Waals surface area contributed by atoms with Crippen molar-refractivity contribution < 1.29 is 19.0 Å². The molecule has 6 heteroatoms. The highest BCUT2D eigenvalue weighted by Gasteiger charge is 2.16. The summed E-state index contributed by atoms with van der Waals surface area (Å²) in [4.78, 5) is 11.6. The number of rotatable bonds is 5. The van der Waals surface area contributed by atoms with Crippen molar-refractivity contribution in [2.24, 2.45) is 0 Å². The maximum atomic E-state index is 11.6. The molecule has 0 aromatic heterocycles. The van der Waals surface area contributed by atoms with Crippen LogP contribution in [-0.4, -0.2) is 25.9 Å². The Bertz CT molecular complexity index is 449. The van der Waals surface area contributed by atoms with Gasteiger partial charge in [-0.1, -0.05) is 11.6 Å². The molecule has 19 heavy (non-hydrogen) atoms. The summed E-state index contributed by atoms with van der Waals surface area (Å²) in [5.41, 5.74) is 0.443. The van der Waals surface area contributed by atoms with Crippen LogP contribution < -0.4 is 14.8 Å². The highest BCUT2D eigenvalue weighted by molar-refractivity contribution is 6.34. The molecule has 0 radical (unpaired) electrons. The monoisotopic (exact) mass is 287 g/mol. The van der Waals surface area contributed by atoms with Crippen molar-refractivity contribution in [1.82, 2.24) is 0 Å². The molecule has 1 N–H and O–H groups in total. The van der Waals surface area contributed by atoms with E-state index in [0.717, 1.165) is 0 Å². The zero-order chi connectivity index (χ0) is 14.4. The molecule has 0 spiro atoms. The fourth-order valence-electron chi connectivity index (χ4n) is 1.43. The summed E-state index contributed by atoms with van der Waals surface area (Å²) >= 11 is 6.14. The Morgan fingerprint density at radius 3 is 2.63 bits per heavy atom. The van der Waals surface area contributed by atoms with Crippen LogP contribution in [0.25, 0.3) is 0 Å². The number of nitrogens with one attached hydrogen (secondary N) is 1. The van der Waals surface area contributed by atoms with Crippen molar-refractivity contribution in [3.05, 3.63) is 17.2 Å². The predicted molar refractivity (Wildman–Crippen MR) is 74.4 cm³/mol. The molecule has 1 aromatic carbocycles. The number of hydrogen-bond donors (Lipinski definition) is 1. The third-order valence-electron chi connectivity index (χ3n) is 2.15. The summed E-state index contributed by atoms with van der Waals surface area (Å²) in [6, 6.07) is 3.30. The molecule has 0 unspecified atom stereocenters. The predicted octanol–water partition coefficient (Wildman–Crippen LogP) is 3.70. The number of amides is 1. The minimum Gasteiger partial charge on any atom is -0.495 e. The van der Waals surface area contributed by atoms with Crippen LogP contribution >= 0.6 is 11.6 Å².